The Hall–Kier alpha value is -1.97. The van der Waals surface area contributed by atoms with Crippen molar-refractivity contribution in [1.82, 2.24) is 35.2 Å². The van der Waals surface area contributed by atoms with Crippen molar-refractivity contribution in [2.75, 3.05) is 19.0 Å². The molecule has 0 atom stereocenters. The third-order valence-electron chi connectivity index (χ3n) is 2.07. The number of rotatable bonds is 6. The molecule has 0 aromatic carbocycles. The Morgan fingerprint density at radius 2 is 2.16 bits per heavy atom. The van der Waals surface area contributed by atoms with E-state index >= 15 is 0 Å². The minimum Gasteiger partial charge on any atom is -0.467 e. The first kappa shape index (κ1) is 13.5. The molecule has 0 aliphatic carbocycles. The minimum absolute atomic E-state index is 0.256. The summed E-state index contributed by atoms with van der Waals surface area (Å²) in [4.78, 5) is 12.5. The molecule has 0 aliphatic heterocycles. The lowest BCUT2D eigenvalue weighted by Crippen LogP contribution is -2.07. The van der Waals surface area contributed by atoms with Crippen molar-refractivity contribution in [3.63, 3.8) is 0 Å². The van der Waals surface area contributed by atoms with E-state index in [4.69, 9.17) is 4.74 Å². The van der Waals surface area contributed by atoms with Crippen LogP contribution in [0, 0.1) is 0 Å². The summed E-state index contributed by atoms with van der Waals surface area (Å²) in [6.45, 7) is 2.84. The van der Waals surface area contributed by atoms with Gasteiger partial charge in [0.1, 0.15) is 0 Å². The van der Waals surface area contributed by atoms with Gasteiger partial charge in [0.15, 0.2) is 0 Å². The Morgan fingerprint density at radius 1 is 1.32 bits per heavy atom. The van der Waals surface area contributed by atoms with Gasteiger partial charge in [-0.05, 0) is 28.6 Å². The Bertz CT molecular complexity index is 545. The number of hydrogen-bond acceptors (Lipinski definition) is 9. The second-order valence-corrected chi connectivity index (χ2v) is 4.48. The molecule has 0 amide bonds. The summed E-state index contributed by atoms with van der Waals surface area (Å²) in [6, 6.07) is 0.256. The molecule has 19 heavy (non-hydrogen) atoms. The molecule has 9 nitrogen and oxygen atoms in total. The summed E-state index contributed by atoms with van der Waals surface area (Å²) in [5.74, 6) is 0.478. The zero-order valence-corrected chi connectivity index (χ0v) is 11.7. The SMILES string of the molecule is CCCNc1nc(OC)nc(Sc2nnnn2C)n1. The molecule has 2 rings (SSSR count). The van der Waals surface area contributed by atoms with Crippen LogP contribution in [0.2, 0.25) is 0 Å². The molecule has 0 spiro atoms. The lowest BCUT2D eigenvalue weighted by Gasteiger charge is -2.06. The highest BCUT2D eigenvalue weighted by Gasteiger charge is 2.11. The van der Waals surface area contributed by atoms with Gasteiger partial charge in [-0.25, -0.2) is 4.68 Å². The number of anilines is 1. The Kier molecular flexibility index (Phi) is 4.44. The Balaban J connectivity index is 2.21. The predicted molar refractivity (Wildman–Crippen MR) is 68.1 cm³/mol. The van der Waals surface area contributed by atoms with Crippen LogP contribution in [0.1, 0.15) is 13.3 Å². The minimum atomic E-state index is 0.256. The number of hydrogen-bond donors (Lipinski definition) is 1. The van der Waals surface area contributed by atoms with E-state index in [1.165, 1.54) is 18.9 Å². The molecule has 0 bridgehead atoms. The Morgan fingerprint density at radius 3 is 2.79 bits per heavy atom. The summed E-state index contributed by atoms with van der Waals surface area (Å²) in [7, 11) is 3.26. The molecule has 0 aliphatic rings. The molecule has 2 aromatic heterocycles. The fourth-order valence-corrected chi connectivity index (χ4v) is 1.85. The first-order valence-corrected chi connectivity index (χ1v) is 6.48. The highest BCUT2D eigenvalue weighted by molar-refractivity contribution is 7.99. The lowest BCUT2D eigenvalue weighted by molar-refractivity contribution is 0.373. The van der Waals surface area contributed by atoms with E-state index in [2.05, 4.69) is 42.7 Å². The van der Waals surface area contributed by atoms with Crippen LogP contribution in [0.5, 0.6) is 6.01 Å². The Labute approximate surface area is 114 Å². The molecule has 0 fully saturated rings. The summed E-state index contributed by atoms with van der Waals surface area (Å²) in [5.41, 5.74) is 0. The molecular weight excluding hydrogens is 268 g/mol. The number of aryl methyl sites for hydroxylation is 1. The van der Waals surface area contributed by atoms with Crippen LogP contribution in [0.3, 0.4) is 0 Å². The van der Waals surface area contributed by atoms with Gasteiger partial charge < -0.3 is 10.1 Å². The standard InChI is InChI=1S/C9H14N8OS/c1-4-5-10-6-11-7(18-3)13-8(12-6)19-9-14-15-16-17(9)2/h4-5H2,1-3H3,(H,10,11,12,13). The van der Waals surface area contributed by atoms with Gasteiger partial charge in [-0.1, -0.05) is 6.92 Å². The largest absolute Gasteiger partial charge is 0.467 e. The fourth-order valence-electron chi connectivity index (χ4n) is 1.18. The number of methoxy groups -OCH3 is 1. The normalized spacial score (nSPS) is 10.5. The first-order valence-electron chi connectivity index (χ1n) is 5.67. The maximum atomic E-state index is 5.05. The van der Waals surface area contributed by atoms with Crippen molar-refractivity contribution in [2.24, 2.45) is 7.05 Å². The third kappa shape index (κ3) is 3.50. The molecule has 102 valence electrons. The van der Waals surface area contributed by atoms with Crippen LogP contribution in [0.15, 0.2) is 10.3 Å². The number of ether oxygens (including phenoxy) is 1. The third-order valence-corrected chi connectivity index (χ3v) is 2.97. The summed E-state index contributed by atoms with van der Waals surface area (Å²) in [5, 5.41) is 15.3. The van der Waals surface area contributed by atoms with Crippen LogP contribution in [-0.4, -0.2) is 48.8 Å². The highest BCUT2D eigenvalue weighted by Crippen LogP contribution is 2.23. The average Bonchev–Trinajstić information content (AvgIpc) is 2.81. The van der Waals surface area contributed by atoms with Gasteiger partial charge >= 0.3 is 6.01 Å². The second-order valence-electron chi connectivity index (χ2n) is 3.54. The van der Waals surface area contributed by atoms with Gasteiger partial charge in [0.2, 0.25) is 16.3 Å². The van der Waals surface area contributed by atoms with E-state index < -0.39 is 0 Å². The van der Waals surface area contributed by atoms with Crippen LogP contribution in [0.4, 0.5) is 5.95 Å². The van der Waals surface area contributed by atoms with Gasteiger partial charge in [0.25, 0.3) is 0 Å². The van der Waals surface area contributed by atoms with Crippen molar-refractivity contribution in [3.8, 4) is 6.01 Å². The predicted octanol–water partition coefficient (Wildman–Crippen LogP) is 0.377. The van der Waals surface area contributed by atoms with Crippen molar-refractivity contribution >= 4 is 17.7 Å². The van der Waals surface area contributed by atoms with Crippen molar-refractivity contribution in [3.05, 3.63) is 0 Å². The zero-order chi connectivity index (χ0) is 13.7. The molecular formula is C9H14N8OS. The molecule has 0 saturated carbocycles. The first-order chi connectivity index (χ1) is 9.22. The average molecular weight is 282 g/mol. The summed E-state index contributed by atoms with van der Waals surface area (Å²) in [6.07, 6.45) is 0.976. The summed E-state index contributed by atoms with van der Waals surface area (Å²) >= 11 is 1.24. The van der Waals surface area contributed by atoms with E-state index in [-0.39, 0.29) is 6.01 Å². The monoisotopic (exact) mass is 282 g/mol. The lowest BCUT2D eigenvalue weighted by atomic mass is 10.5. The topological polar surface area (TPSA) is 104 Å². The van der Waals surface area contributed by atoms with E-state index in [9.17, 15) is 0 Å². The van der Waals surface area contributed by atoms with Crippen LogP contribution < -0.4 is 10.1 Å². The zero-order valence-electron chi connectivity index (χ0n) is 10.9. The maximum Gasteiger partial charge on any atom is 0.321 e. The molecule has 0 unspecified atom stereocenters. The number of nitrogens with zero attached hydrogens (tertiary/aromatic N) is 7. The fraction of sp³-hybridized carbons (Fsp3) is 0.556. The molecule has 0 saturated heterocycles. The van der Waals surface area contributed by atoms with Crippen molar-refractivity contribution < 1.29 is 4.74 Å². The van der Waals surface area contributed by atoms with Crippen LogP contribution in [-0.2, 0) is 7.05 Å². The van der Waals surface area contributed by atoms with Gasteiger partial charge in [-0.3, -0.25) is 0 Å². The maximum absolute atomic E-state index is 5.05. The van der Waals surface area contributed by atoms with E-state index in [1.807, 2.05) is 0 Å². The van der Waals surface area contributed by atoms with E-state index in [1.54, 1.807) is 11.7 Å². The molecule has 0 radical (unpaired) electrons. The number of nitrogens with one attached hydrogen (secondary N) is 1. The quantitative estimate of drug-likeness (QED) is 0.804. The van der Waals surface area contributed by atoms with E-state index in [0.29, 0.717) is 16.3 Å². The molecule has 1 N–H and O–H groups in total. The van der Waals surface area contributed by atoms with E-state index in [0.717, 1.165) is 13.0 Å². The molecule has 2 aromatic rings. The van der Waals surface area contributed by atoms with Crippen LogP contribution in [0.25, 0.3) is 0 Å². The van der Waals surface area contributed by atoms with Gasteiger partial charge in [0.05, 0.1) is 7.11 Å². The van der Waals surface area contributed by atoms with Gasteiger partial charge in [-0.2, -0.15) is 15.0 Å². The summed E-state index contributed by atoms with van der Waals surface area (Å²) < 4.78 is 6.59. The molecule has 2 heterocycles. The highest BCUT2D eigenvalue weighted by atomic mass is 32.2. The van der Waals surface area contributed by atoms with Crippen molar-refractivity contribution in [1.29, 1.82) is 0 Å². The smallest absolute Gasteiger partial charge is 0.321 e. The van der Waals surface area contributed by atoms with Crippen molar-refractivity contribution in [2.45, 2.75) is 23.7 Å². The molecule has 10 heteroatoms. The number of tetrazole rings is 1. The number of aromatic nitrogens is 7. The van der Waals surface area contributed by atoms with Crippen LogP contribution >= 0.6 is 11.8 Å². The van der Waals surface area contributed by atoms with Gasteiger partial charge in [0, 0.05) is 13.6 Å². The second kappa shape index (κ2) is 6.27. The van der Waals surface area contributed by atoms with Gasteiger partial charge in [-0.15, -0.1) is 5.10 Å².